The number of carbonyl (C=O) groups excluding carboxylic acids is 3. The number of hydrogen-bond acceptors (Lipinski definition) is 9. The van der Waals surface area contributed by atoms with E-state index in [1.54, 1.807) is 72.8 Å². The Morgan fingerprint density at radius 1 is 0.472 bits per heavy atom. The van der Waals surface area contributed by atoms with Gasteiger partial charge in [0.05, 0.1) is 0 Å². The van der Waals surface area contributed by atoms with Gasteiger partial charge in [0.2, 0.25) is 0 Å². The fourth-order valence-corrected chi connectivity index (χ4v) is 3.16. The van der Waals surface area contributed by atoms with Crippen LogP contribution in [0.4, 0.5) is 14.4 Å². The molecule has 3 aromatic rings. The van der Waals surface area contributed by atoms with E-state index in [1.165, 1.54) is 0 Å². The lowest BCUT2D eigenvalue weighted by Gasteiger charge is -2.27. The Morgan fingerprint density at radius 2 is 0.722 bits per heavy atom. The molecule has 0 unspecified atom stereocenters. The van der Waals surface area contributed by atoms with Gasteiger partial charge in [-0.25, -0.2) is 0 Å². The van der Waals surface area contributed by atoms with Gasteiger partial charge in [-0.2, -0.15) is 0 Å². The monoisotopic (exact) mass is 486 g/mol. The number of carbonyl (C=O) groups is 3. The smallest absolute Gasteiger partial charge is 0.464 e. The van der Waals surface area contributed by atoms with Crippen molar-refractivity contribution in [1.82, 2.24) is 0 Å². The minimum Gasteiger partial charge on any atom is -0.464 e. The van der Waals surface area contributed by atoms with Crippen LogP contribution in [-0.4, -0.2) is 39.0 Å². The molecule has 0 spiro atoms. The second-order valence-corrected chi connectivity index (χ2v) is 7.68. The van der Waals surface area contributed by atoms with E-state index < -0.39 is 39.0 Å². The van der Waals surface area contributed by atoms with Gasteiger partial charge in [0.25, 0.3) is 0 Å². The van der Waals surface area contributed by atoms with Gasteiger partial charge in [0.15, 0.2) is 0 Å². The van der Waals surface area contributed by atoms with E-state index in [0.29, 0.717) is 0 Å². The van der Waals surface area contributed by atoms with Gasteiger partial charge in [-0.05, 0) is 16.7 Å². The van der Waals surface area contributed by atoms with Crippen molar-refractivity contribution < 1.29 is 42.3 Å². The fraction of sp³-hybridized carbons (Fsp3) is 0.125. The predicted octanol–water partition coefficient (Wildman–Crippen LogP) is 4.27. The van der Waals surface area contributed by atoms with Crippen molar-refractivity contribution in [3.8, 4) is 0 Å². The molecular formula is C24H21B3O9. The van der Waals surface area contributed by atoms with E-state index >= 15 is 0 Å². The Bertz CT molecular complexity index is 997. The van der Waals surface area contributed by atoms with Gasteiger partial charge in [-0.15, -0.1) is 0 Å². The molecule has 9 nitrogen and oxygen atoms in total. The minimum absolute atomic E-state index is 0.0595. The molecular weight excluding hydrogens is 465 g/mol. The summed E-state index contributed by atoms with van der Waals surface area (Å²) >= 11 is 0. The average Bonchev–Trinajstić information content (AvgIpc) is 2.94. The van der Waals surface area contributed by atoms with Crippen molar-refractivity contribution in [2.24, 2.45) is 0 Å². The molecule has 12 heteroatoms. The second kappa shape index (κ2) is 12.7. The largest absolute Gasteiger partial charge is 0.558 e. The number of hydrogen-bond donors (Lipinski definition) is 0. The van der Waals surface area contributed by atoms with Crippen LogP contribution in [-0.2, 0) is 47.7 Å². The summed E-state index contributed by atoms with van der Waals surface area (Å²) < 4.78 is 31.7. The van der Waals surface area contributed by atoms with Crippen LogP contribution in [0.3, 0.4) is 0 Å². The van der Waals surface area contributed by atoms with Crippen LogP contribution >= 0.6 is 0 Å². The summed E-state index contributed by atoms with van der Waals surface area (Å²) in [6.45, 7) is -0.179. The highest BCUT2D eigenvalue weighted by Gasteiger charge is 2.54. The summed E-state index contributed by atoms with van der Waals surface area (Å²) in [6.07, 6.45) is 0. The summed E-state index contributed by atoms with van der Waals surface area (Å²) in [7, 11) is -5.15. The molecule has 1 aliphatic rings. The summed E-state index contributed by atoms with van der Waals surface area (Å²) in [5, 5.41) is 0. The Balaban J connectivity index is 1.40. The molecule has 0 saturated carbocycles. The lowest BCUT2D eigenvalue weighted by molar-refractivity contribution is 0.135. The maximum Gasteiger partial charge on any atom is 0.558 e. The van der Waals surface area contributed by atoms with E-state index in [0.717, 1.165) is 16.7 Å². The molecule has 0 atom stereocenters. The van der Waals surface area contributed by atoms with Crippen LogP contribution in [0.5, 0.6) is 0 Å². The molecule has 0 N–H and O–H groups in total. The zero-order valence-corrected chi connectivity index (χ0v) is 19.2. The lowest BCUT2D eigenvalue weighted by Crippen LogP contribution is -2.58. The van der Waals surface area contributed by atoms with Crippen molar-refractivity contribution in [3.05, 3.63) is 108 Å². The van der Waals surface area contributed by atoms with Gasteiger partial charge in [0, 0.05) is 0 Å². The van der Waals surface area contributed by atoms with Crippen LogP contribution in [0.15, 0.2) is 91.0 Å². The molecule has 1 heterocycles. The van der Waals surface area contributed by atoms with Crippen LogP contribution in [0, 0.1) is 0 Å². The fourth-order valence-electron chi connectivity index (χ4n) is 3.16. The van der Waals surface area contributed by atoms with Gasteiger partial charge < -0.3 is 27.9 Å². The van der Waals surface area contributed by atoms with Gasteiger partial charge in [-0.1, -0.05) is 91.0 Å². The Labute approximate surface area is 209 Å². The first-order valence-electron chi connectivity index (χ1n) is 11.2. The summed E-state index contributed by atoms with van der Waals surface area (Å²) in [4.78, 5) is 37.9. The van der Waals surface area contributed by atoms with Crippen molar-refractivity contribution >= 4 is 39.0 Å². The van der Waals surface area contributed by atoms with E-state index in [2.05, 4.69) is 0 Å². The summed E-state index contributed by atoms with van der Waals surface area (Å²) in [5.74, 6) is -2.82. The van der Waals surface area contributed by atoms with E-state index in [4.69, 9.17) is 27.9 Å². The van der Waals surface area contributed by atoms with E-state index in [1.807, 2.05) is 18.2 Å². The normalized spacial score (nSPS) is 13.2. The summed E-state index contributed by atoms with van der Waals surface area (Å²) in [6, 6.07) is 26.9. The lowest BCUT2D eigenvalue weighted by atomic mass is 9.69. The third-order valence-electron chi connectivity index (χ3n) is 4.99. The Kier molecular flexibility index (Phi) is 8.93. The second-order valence-electron chi connectivity index (χ2n) is 7.68. The first-order chi connectivity index (χ1) is 17.6. The summed E-state index contributed by atoms with van der Waals surface area (Å²) in [5.41, 5.74) is 2.20. The maximum absolute atomic E-state index is 12.6. The van der Waals surface area contributed by atoms with E-state index in [9.17, 15) is 14.4 Å². The van der Waals surface area contributed by atoms with E-state index in [-0.39, 0.29) is 19.8 Å². The molecule has 0 amide bonds. The van der Waals surface area contributed by atoms with Gasteiger partial charge >= 0.3 is 39.0 Å². The molecule has 0 aromatic heterocycles. The molecule has 180 valence electrons. The quantitative estimate of drug-likeness (QED) is 0.324. The Morgan fingerprint density at radius 3 is 0.972 bits per heavy atom. The van der Waals surface area contributed by atoms with Crippen molar-refractivity contribution in [2.45, 2.75) is 19.8 Å². The maximum atomic E-state index is 12.6. The highest BCUT2D eigenvalue weighted by Crippen LogP contribution is 2.16. The zero-order valence-electron chi connectivity index (χ0n) is 19.2. The molecule has 1 fully saturated rings. The highest BCUT2D eigenvalue weighted by atomic mass is 16.7. The number of benzene rings is 3. The minimum atomic E-state index is -1.72. The molecule has 36 heavy (non-hydrogen) atoms. The predicted molar refractivity (Wildman–Crippen MR) is 130 cm³/mol. The zero-order chi connectivity index (χ0) is 25.2. The molecule has 1 aliphatic heterocycles. The van der Waals surface area contributed by atoms with Crippen LogP contribution in [0.2, 0.25) is 0 Å². The topological polar surface area (TPSA) is 107 Å². The SMILES string of the molecule is O=C(OCc1ccccc1)B1OB(C(=O)OCc2ccccc2)OB(C(=O)OCc2ccccc2)O1. The third kappa shape index (κ3) is 7.32. The van der Waals surface area contributed by atoms with Crippen molar-refractivity contribution in [3.63, 3.8) is 0 Å². The molecule has 3 aromatic carbocycles. The van der Waals surface area contributed by atoms with Gasteiger partial charge in [0.1, 0.15) is 19.8 Å². The Hall–Kier alpha value is -3.86. The van der Waals surface area contributed by atoms with Crippen LogP contribution < -0.4 is 0 Å². The van der Waals surface area contributed by atoms with Crippen molar-refractivity contribution in [1.29, 1.82) is 0 Å². The highest BCUT2D eigenvalue weighted by molar-refractivity contribution is 7.01. The van der Waals surface area contributed by atoms with Gasteiger partial charge in [-0.3, -0.25) is 14.4 Å². The molecule has 4 rings (SSSR count). The molecule has 0 radical (unpaired) electrons. The first-order valence-corrected chi connectivity index (χ1v) is 11.2. The molecule has 1 saturated heterocycles. The average molecular weight is 486 g/mol. The molecule has 0 aliphatic carbocycles. The molecule has 0 bridgehead atoms. The number of ether oxygens (including phenoxy) is 3. The van der Waals surface area contributed by atoms with Crippen LogP contribution in [0.1, 0.15) is 16.7 Å². The van der Waals surface area contributed by atoms with Crippen LogP contribution in [0.25, 0.3) is 0 Å². The standard InChI is InChI=1S/C24H21B3O9/c28-22(31-16-19-10-4-1-5-11-19)25-34-26(23(29)32-17-20-12-6-2-7-13-20)36-27(35-25)24(30)33-18-21-14-8-3-9-15-21/h1-15H,16-18H2. The first kappa shape index (κ1) is 25.2. The third-order valence-corrected chi connectivity index (χ3v) is 4.99. The number of rotatable bonds is 9. The van der Waals surface area contributed by atoms with Crippen molar-refractivity contribution in [2.75, 3.05) is 0 Å².